The molecule has 2 rings (SSSR count). The van der Waals surface area contributed by atoms with Crippen molar-refractivity contribution in [3.05, 3.63) is 26.5 Å². The minimum absolute atomic E-state index is 0.191. The molecular weight excluding hydrogens is 210 g/mol. The fourth-order valence-electron chi connectivity index (χ4n) is 1.66. The zero-order valence-corrected chi connectivity index (χ0v) is 9.07. The molecule has 0 aromatic carbocycles. The lowest BCUT2D eigenvalue weighted by Gasteiger charge is -2.08. The molecule has 86 valence electrons. The summed E-state index contributed by atoms with van der Waals surface area (Å²) >= 11 is 0. The Morgan fingerprint density at radius 2 is 2.19 bits per heavy atom. The zero-order chi connectivity index (χ0) is 11.9. The maximum atomic E-state index is 11.6. The third kappa shape index (κ3) is 1.54. The highest BCUT2D eigenvalue weighted by molar-refractivity contribution is 5.76. The summed E-state index contributed by atoms with van der Waals surface area (Å²) in [5.74, 6) is 0. The maximum absolute atomic E-state index is 11.6. The Bertz CT molecular complexity index is 633. The summed E-state index contributed by atoms with van der Waals surface area (Å²) in [5.41, 5.74) is 5.72. The first kappa shape index (κ1) is 10.6. The first-order valence-electron chi connectivity index (χ1n) is 4.94. The topological polar surface area (TPSA) is 110 Å². The molecule has 1 atom stereocenters. The van der Waals surface area contributed by atoms with Gasteiger partial charge in [0.1, 0.15) is 5.39 Å². The smallest absolute Gasteiger partial charge is 0.326 e. The first-order valence-corrected chi connectivity index (χ1v) is 4.94. The molecule has 16 heavy (non-hydrogen) atoms. The number of nitrogens with zero attached hydrogens (tertiary/aromatic N) is 2. The number of aryl methyl sites for hydroxylation is 1. The quantitative estimate of drug-likeness (QED) is 0.610. The van der Waals surface area contributed by atoms with E-state index in [1.807, 2.05) is 0 Å². The fourth-order valence-corrected chi connectivity index (χ4v) is 1.66. The second-order valence-corrected chi connectivity index (χ2v) is 3.89. The Hall–Kier alpha value is -1.89. The number of hydrogen-bond acceptors (Lipinski definition) is 4. The highest BCUT2D eigenvalue weighted by atomic mass is 16.2. The molecular formula is C9H13N5O2. The van der Waals surface area contributed by atoms with E-state index in [1.165, 1.54) is 4.57 Å². The van der Waals surface area contributed by atoms with Crippen LogP contribution in [0.25, 0.3) is 11.0 Å². The van der Waals surface area contributed by atoms with Crippen molar-refractivity contribution in [2.24, 2.45) is 5.73 Å². The third-order valence-electron chi connectivity index (χ3n) is 2.35. The van der Waals surface area contributed by atoms with Crippen molar-refractivity contribution in [1.29, 1.82) is 0 Å². The van der Waals surface area contributed by atoms with E-state index >= 15 is 0 Å². The van der Waals surface area contributed by atoms with Gasteiger partial charge in [-0.05, 0) is 13.8 Å². The van der Waals surface area contributed by atoms with Crippen LogP contribution in [-0.4, -0.2) is 25.8 Å². The summed E-state index contributed by atoms with van der Waals surface area (Å²) < 4.78 is 1.37. The second kappa shape index (κ2) is 3.60. The van der Waals surface area contributed by atoms with Crippen LogP contribution in [0.3, 0.4) is 0 Å². The van der Waals surface area contributed by atoms with Crippen molar-refractivity contribution >= 4 is 11.0 Å². The van der Waals surface area contributed by atoms with Gasteiger partial charge in [0.25, 0.3) is 5.56 Å². The van der Waals surface area contributed by atoms with Crippen molar-refractivity contribution in [1.82, 2.24) is 19.7 Å². The molecule has 0 aliphatic rings. The molecule has 0 aliphatic carbocycles. The van der Waals surface area contributed by atoms with Crippen LogP contribution in [0.5, 0.6) is 0 Å². The summed E-state index contributed by atoms with van der Waals surface area (Å²) in [6.45, 7) is 3.82. The molecule has 2 heterocycles. The molecule has 0 saturated heterocycles. The van der Waals surface area contributed by atoms with Gasteiger partial charge in [-0.3, -0.25) is 19.4 Å². The highest BCUT2D eigenvalue weighted by Crippen LogP contribution is 2.07. The Morgan fingerprint density at radius 1 is 1.50 bits per heavy atom. The molecule has 0 saturated carbocycles. The van der Waals surface area contributed by atoms with Crippen molar-refractivity contribution in [3.63, 3.8) is 0 Å². The fraction of sp³-hybridized carbons (Fsp3) is 0.444. The van der Waals surface area contributed by atoms with Gasteiger partial charge in [0.15, 0.2) is 5.65 Å². The minimum atomic E-state index is -0.485. The molecule has 0 amide bonds. The van der Waals surface area contributed by atoms with Crippen LogP contribution in [-0.2, 0) is 6.54 Å². The number of rotatable bonds is 2. The van der Waals surface area contributed by atoms with Gasteiger partial charge >= 0.3 is 5.69 Å². The number of nitrogens with one attached hydrogen (secondary N) is 2. The van der Waals surface area contributed by atoms with Gasteiger partial charge in [0, 0.05) is 18.3 Å². The van der Waals surface area contributed by atoms with E-state index < -0.39 is 11.2 Å². The third-order valence-corrected chi connectivity index (χ3v) is 2.35. The average molecular weight is 223 g/mol. The summed E-state index contributed by atoms with van der Waals surface area (Å²) in [5, 5.41) is 7.05. The Kier molecular flexibility index (Phi) is 2.39. The Labute approximate surface area is 90.3 Å². The molecule has 2 aromatic heterocycles. The number of nitrogens with two attached hydrogens (primary N) is 1. The predicted octanol–water partition coefficient (Wildman–Crippen LogP) is -0.931. The molecule has 7 heteroatoms. The average Bonchev–Trinajstić information content (AvgIpc) is 2.55. The van der Waals surface area contributed by atoms with Crippen LogP contribution in [0.4, 0.5) is 0 Å². The molecule has 7 nitrogen and oxygen atoms in total. The number of fused-ring (bicyclic) bond motifs is 1. The van der Waals surface area contributed by atoms with Crippen LogP contribution in [0.15, 0.2) is 9.59 Å². The van der Waals surface area contributed by atoms with Gasteiger partial charge in [-0.2, -0.15) is 5.10 Å². The van der Waals surface area contributed by atoms with Gasteiger partial charge in [-0.25, -0.2) is 4.79 Å². The van der Waals surface area contributed by atoms with E-state index in [0.717, 1.165) is 0 Å². The zero-order valence-electron chi connectivity index (χ0n) is 9.07. The number of aromatic amines is 2. The Balaban J connectivity index is 2.83. The van der Waals surface area contributed by atoms with Gasteiger partial charge in [0.2, 0.25) is 0 Å². The monoisotopic (exact) mass is 223 g/mol. The molecule has 0 spiro atoms. The molecule has 0 bridgehead atoms. The summed E-state index contributed by atoms with van der Waals surface area (Å²) in [6, 6.07) is -0.191. The summed E-state index contributed by atoms with van der Waals surface area (Å²) in [7, 11) is 0. The van der Waals surface area contributed by atoms with Crippen LogP contribution >= 0.6 is 0 Å². The molecule has 4 N–H and O–H groups in total. The SMILES string of the molecule is Cc1[nH]nc2c1c(=O)[nH]c(=O)n2CC(C)N. The largest absolute Gasteiger partial charge is 0.330 e. The lowest BCUT2D eigenvalue weighted by molar-refractivity contribution is 0.574. The van der Waals surface area contributed by atoms with E-state index in [2.05, 4.69) is 15.2 Å². The number of aromatic nitrogens is 4. The molecule has 0 fully saturated rings. The van der Waals surface area contributed by atoms with Gasteiger partial charge in [-0.15, -0.1) is 0 Å². The van der Waals surface area contributed by atoms with E-state index in [-0.39, 0.29) is 6.04 Å². The van der Waals surface area contributed by atoms with Gasteiger partial charge < -0.3 is 5.73 Å². The van der Waals surface area contributed by atoms with Crippen LogP contribution in [0.1, 0.15) is 12.6 Å². The van der Waals surface area contributed by atoms with Crippen molar-refractivity contribution in [3.8, 4) is 0 Å². The van der Waals surface area contributed by atoms with E-state index in [9.17, 15) is 9.59 Å². The van der Waals surface area contributed by atoms with Crippen LogP contribution < -0.4 is 17.0 Å². The molecule has 0 aliphatic heterocycles. The van der Waals surface area contributed by atoms with E-state index in [0.29, 0.717) is 23.3 Å². The lowest BCUT2D eigenvalue weighted by atomic mass is 10.3. The first-order chi connectivity index (χ1) is 7.50. The summed E-state index contributed by atoms with van der Waals surface area (Å²) in [4.78, 5) is 25.4. The second-order valence-electron chi connectivity index (χ2n) is 3.89. The normalized spacial score (nSPS) is 13.2. The van der Waals surface area contributed by atoms with Crippen molar-refractivity contribution < 1.29 is 0 Å². The Morgan fingerprint density at radius 3 is 2.81 bits per heavy atom. The number of H-pyrrole nitrogens is 2. The molecule has 1 unspecified atom stereocenters. The minimum Gasteiger partial charge on any atom is -0.326 e. The van der Waals surface area contributed by atoms with Crippen LogP contribution in [0.2, 0.25) is 0 Å². The molecule has 2 aromatic rings. The lowest BCUT2D eigenvalue weighted by Crippen LogP contribution is -2.35. The van der Waals surface area contributed by atoms with E-state index in [1.54, 1.807) is 13.8 Å². The van der Waals surface area contributed by atoms with E-state index in [4.69, 9.17) is 5.73 Å². The van der Waals surface area contributed by atoms with Gasteiger partial charge in [-0.1, -0.05) is 0 Å². The molecule has 0 radical (unpaired) electrons. The maximum Gasteiger partial charge on any atom is 0.330 e. The predicted molar refractivity (Wildman–Crippen MR) is 59.4 cm³/mol. The van der Waals surface area contributed by atoms with Crippen molar-refractivity contribution in [2.45, 2.75) is 26.4 Å². The van der Waals surface area contributed by atoms with Crippen LogP contribution in [0, 0.1) is 6.92 Å². The number of hydrogen-bond donors (Lipinski definition) is 3. The summed E-state index contributed by atoms with van der Waals surface area (Å²) in [6.07, 6.45) is 0. The van der Waals surface area contributed by atoms with Crippen molar-refractivity contribution in [2.75, 3.05) is 0 Å². The standard InChI is InChI=1S/C9H13N5O2/c1-4(10)3-14-7-6(5(2)12-13-7)8(15)11-9(14)16/h4H,3,10H2,1-2H3,(H,12,13)(H,11,15,16). The van der Waals surface area contributed by atoms with Gasteiger partial charge in [0.05, 0.1) is 0 Å². The highest BCUT2D eigenvalue weighted by Gasteiger charge is 2.13.